The van der Waals surface area contributed by atoms with Gasteiger partial charge in [-0.05, 0) is 45.0 Å². The molecular formula is C17H20N2O4S. The number of ether oxygens (including phenoxy) is 2. The van der Waals surface area contributed by atoms with Crippen LogP contribution in [0.15, 0.2) is 24.3 Å². The SMILES string of the molecule is COc1cc(C)sc1C(=O)Nc1ccc(OC(C)C)c(C(N)=O)c1. The summed E-state index contributed by atoms with van der Waals surface area (Å²) in [6.07, 6.45) is -0.0955. The van der Waals surface area contributed by atoms with Crippen LogP contribution in [0.4, 0.5) is 5.69 Å². The Morgan fingerprint density at radius 2 is 1.92 bits per heavy atom. The van der Waals surface area contributed by atoms with Gasteiger partial charge < -0.3 is 20.5 Å². The van der Waals surface area contributed by atoms with Crippen LogP contribution in [0.1, 0.15) is 38.8 Å². The van der Waals surface area contributed by atoms with E-state index in [1.165, 1.54) is 24.5 Å². The molecule has 2 rings (SSSR count). The fraction of sp³-hybridized carbons (Fsp3) is 0.294. The lowest BCUT2D eigenvalue weighted by molar-refractivity contribution is 0.0991. The monoisotopic (exact) mass is 348 g/mol. The topological polar surface area (TPSA) is 90.7 Å². The molecule has 0 spiro atoms. The van der Waals surface area contributed by atoms with Gasteiger partial charge in [0.05, 0.1) is 18.8 Å². The lowest BCUT2D eigenvalue weighted by Gasteiger charge is -2.14. The number of rotatable bonds is 6. The van der Waals surface area contributed by atoms with E-state index in [0.29, 0.717) is 22.1 Å². The van der Waals surface area contributed by atoms with E-state index < -0.39 is 5.91 Å². The van der Waals surface area contributed by atoms with E-state index >= 15 is 0 Å². The Hall–Kier alpha value is -2.54. The standard InChI is InChI=1S/C17H20N2O4S/c1-9(2)23-13-6-5-11(8-12(13)16(18)20)19-17(21)15-14(22-4)7-10(3)24-15/h5-9H,1-4H3,(H2,18,20)(H,19,21). The number of anilines is 1. The van der Waals surface area contributed by atoms with E-state index in [1.807, 2.05) is 20.8 Å². The second-order valence-corrected chi connectivity index (χ2v) is 6.71. The second-order valence-electron chi connectivity index (χ2n) is 5.45. The van der Waals surface area contributed by atoms with Crippen LogP contribution in [0.5, 0.6) is 11.5 Å². The highest BCUT2D eigenvalue weighted by Gasteiger charge is 2.18. The molecule has 0 saturated heterocycles. The molecule has 24 heavy (non-hydrogen) atoms. The first-order valence-corrected chi connectivity index (χ1v) is 8.19. The predicted molar refractivity (Wildman–Crippen MR) is 94.3 cm³/mol. The first kappa shape index (κ1) is 17.8. The molecule has 0 aliphatic carbocycles. The van der Waals surface area contributed by atoms with Crippen LogP contribution in [-0.2, 0) is 0 Å². The van der Waals surface area contributed by atoms with Gasteiger partial charge in [-0.15, -0.1) is 11.3 Å². The van der Waals surface area contributed by atoms with Crippen LogP contribution in [0.3, 0.4) is 0 Å². The molecule has 2 amide bonds. The lowest BCUT2D eigenvalue weighted by Crippen LogP contribution is -2.17. The number of carbonyl (C=O) groups excluding carboxylic acids is 2. The normalized spacial score (nSPS) is 10.5. The molecule has 0 fully saturated rings. The summed E-state index contributed by atoms with van der Waals surface area (Å²) >= 11 is 1.33. The average Bonchev–Trinajstić information content (AvgIpc) is 2.89. The van der Waals surface area contributed by atoms with Crippen molar-refractivity contribution < 1.29 is 19.1 Å². The van der Waals surface area contributed by atoms with Gasteiger partial charge in [0.15, 0.2) is 0 Å². The van der Waals surface area contributed by atoms with Gasteiger partial charge in [-0.3, -0.25) is 9.59 Å². The van der Waals surface area contributed by atoms with Crippen LogP contribution in [-0.4, -0.2) is 25.0 Å². The molecule has 0 unspecified atom stereocenters. The van der Waals surface area contributed by atoms with Crippen molar-refractivity contribution in [3.05, 3.63) is 39.6 Å². The number of nitrogens with one attached hydrogen (secondary N) is 1. The second kappa shape index (κ2) is 7.35. The molecule has 1 aromatic carbocycles. The van der Waals surface area contributed by atoms with Gasteiger partial charge in [0.25, 0.3) is 11.8 Å². The summed E-state index contributed by atoms with van der Waals surface area (Å²) in [7, 11) is 1.52. The zero-order valence-electron chi connectivity index (χ0n) is 14.0. The molecule has 0 aliphatic heterocycles. The van der Waals surface area contributed by atoms with Gasteiger partial charge in [-0.2, -0.15) is 0 Å². The van der Waals surface area contributed by atoms with Crippen molar-refractivity contribution in [2.75, 3.05) is 12.4 Å². The number of primary amides is 1. The Bertz CT molecular complexity index is 768. The summed E-state index contributed by atoms with van der Waals surface area (Å²) in [4.78, 5) is 25.5. The van der Waals surface area contributed by atoms with Gasteiger partial charge in [-0.1, -0.05) is 0 Å². The Labute approximate surface area is 144 Å². The van der Waals surface area contributed by atoms with Gasteiger partial charge >= 0.3 is 0 Å². The summed E-state index contributed by atoms with van der Waals surface area (Å²) < 4.78 is 10.8. The number of hydrogen-bond acceptors (Lipinski definition) is 5. The fourth-order valence-electron chi connectivity index (χ4n) is 2.15. The van der Waals surface area contributed by atoms with E-state index in [2.05, 4.69) is 5.32 Å². The minimum Gasteiger partial charge on any atom is -0.495 e. The van der Waals surface area contributed by atoms with E-state index in [0.717, 1.165) is 4.88 Å². The van der Waals surface area contributed by atoms with Crippen LogP contribution in [0.25, 0.3) is 0 Å². The average molecular weight is 348 g/mol. The molecule has 128 valence electrons. The van der Waals surface area contributed by atoms with Crippen LogP contribution >= 0.6 is 11.3 Å². The van der Waals surface area contributed by atoms with Crippen molar-refractivity contribution in [2.24, 2.45) is 5.73 Å². The molecule has 6 nitrogen and oxygen atoms in total. The highest BCUT2D eigenvalue weighted by Crippen LogP contribution is 2.30. The third-order valence-corrected chi connectivity index (χ3v) is 4.14. The fourth-order valence-corrected chi connectivity index (χ4v) is 3.02. The number of amides is 2. The number of hydrogen-bond donors (Lipinski definition) is 2. The molecule has 1 aromatic heterocycles. The number of methoxy groups -OCH3 is 1. The molecule has 0 atom stereocenters. The zero-order valence-corrected chi connectivity index (χ0v) is 14.8. The minimum absolute atomic E-state index is 0.0955. The van der Waals surface area contributed by atoms with Crippen LogP contribution < -0.4 is 20.5 Å². The minimum atomic E-state index is -0.619. The number of benzene rings is 1. The molecule has 3 N–H and O–H groups in total. The molecule has 0 radical (unpaired) electrons. The molecule has 1 heterocycles. The van der Waals surface area contributed by atoms with Crippen molar-refractivity contribution >= 4 is 28.8 Å². The van der Waals surface area contributed by atoms with Gasteiger partial charge in [0.1, 0.15) is 16.4 Å². The molecule has 0 aliphatic rings. The predicted octanol–water partition coefficient (Wildman–Crippen LogP) is 3.20. The Morgan fingerprint density at radius 1 is 1.21 bits per heavy atom. The summed E-state index contributed by atoms with van der Waals surface area (Å²) in [5.74, 6) is -0.0193. The van der Waals surface area contributed by atoms with Crippen LogP contribution in [0, 0.1) is 6.92 Å². The third kappa shape index (κ3) is 4.05. The maximum atomic E-state index is 12.4. The third-order valence-electron chi connectivity index (χ3n) is 3.11. The lowest BCUT2D eigenvalue weighted by atomic mass is 10.1. The first-order chi connectivity index (χ1) is 11.3. The highest BCUT2D eigenvalue weighted by atomic mass is 32.1. The zero-order chi connectivity index (χ0) is 17.9. The molecular weight excluding hydrogens is 328 g/mol. The summed E-state index contributed by atoms with van der Waals surface area (Å²) in [5, 5.41) is 2.75. The summed E-state index contributed by atoms with van der Waals surface area (Å²) in [6, 6.07) is 6.58. The smallest absolute Gasteiger partial charge is 0.269 e. The van der Waals surface area contributed by atoms with Crippen molar-refractivity contribution in [3.8, 4) is 11.5 Å². The summed E-state index contributed by atoms with van der Waals surface area (Å²) in [6.45, 7) is 5.60. The number of thiophene rings is 1. The van der Waals surface area contributed by atoms with E-state index in [9.17, 15) is 9.59 Å². The maximum Gasteiger partial charge on any atom is 0.269 e. The van der Waals surface area contributed by atoms with E-state index in [-0.39, 0.29) is 17.6 Å². The number of carbonyl (C=O) groups is 2. The number of aryl methyl sites for hydroxylation is 1. The Morgan fingerprint density at radius 3 is 2.50 bits per heavy atom. The van der Waals surface area contributed by atoms with Crippen molar-refractivity contribution in [3.63, 3.8) is 0 Å². The number of nitrogens with two attached hydrogens (primary N) is 1. The quantitative estimate of drug-likeness (QED) is 0.839. The first-order valence-electron chi connectivity index (χ1n) is 7.38. The van der Waals surface area contributed by atoms with Gasteiger partial charge in [-0.25, -0.2) is 0 Å². The van der Waals surface area contributed by atoms with E-state index in [1.54, 1.807) is 18.2 Å². The Kier molecular flexibility index (Phi) is 5.46. The molecule has 7 heteroatoms. The highest BCUT2D eigenvalue weighted by molar-refractivity contribution is 7.14. The Balaban J connectivity index is 2.27. The maximum absolute atomic E-state index is 12.4. The molecule has 0 saturated carbocycles. The largest absolute Gasteiger partial charge is 0.495 e. The summed E-state index contributed by atoms with van der Waals surface area (Å²) in [5.41, 5.74) is 6.08. The van der Waals surface area contributed by atoms with E-state index in [4.69, 9.17) is 15.2 Å². The van der Waals surface area contributed by atoms with Crippen molar-refractivity contribution in [1.29, 1.82) is 0 Å². The van der Waals surface area contributed by atoms with Gasteiger partial charge in [0, 0.05) is 10.6 Å². The van der Waals surface area contributed by atoms with Crippen molar-refractivity contribution in [2.45, 2.75) is 26.9 Å². The molecule has 0 bridgehead atoms. The van der Waals surface area contributed by atoms with Crippen LogP contribution in [0.2, 0.25) is 0 Å². The van der Waals surface area contributed by atoms with Crippen molar-refractivity contribution in [1.82, 2.24) is 0 Å². The molecule has 2 aromatic rings. The van der Waals surface area contributed by atoms with Gasteiger partial charge in [0.2, 0.25) is 0 Å².